The number of amides is 1. The van der Waals surface area contributed by atoms with E-state index in [-0.39, 0.29) is 11.6 Å². The fourth-order valence-corrected chi connectivity index (χ4v) is 1.84. The highest BCUT2D eigenvalue weighted by Gasteiger charge is 2.09. The number of nitrogens with zero attached hydrogens (tertiary/aromatic N) is 1. The molecular weight excluding hydrogens is 264 g/mol. The Balaban J connectivity index is 2.17. The second kappa shape index (κ2) is 5.71. The molecule has 2 rings (SSSR count). The van der Waals surface area contributed by atoms with Crippen molar-refractivity contribution in [3.8, 4) is 5.75 Å². The van der Waals surface area contributed by atoms with Crippen molar-refractivity contribution in [1.82, 2.24) is 4.98 Å². The molecule has 1 heterocycles. The van der Waals surface area contributed by atoms with E-state index in [4.69, 9.17) is 16.3 Å². The zero-order valence-corrected chi connectivity index (χ0v) is 11.4. The number of carbonyl (C=O) groups excluding carboxylic acids is 1. The molecule has 5 heteroatoms. The van der Waals surface area contributed by atoms with Gasteiger partial charge in [0.25, 0.3) is 5.91 Å². The fourth-order valence-electron chi connectivity index (χ4n) is 1.68. The number of carbonyl (C=O) groups is 1. The lowest BCUT2D eigenvalue weighted by atomic mass is 10.2. The van der Waals surface area contributed by atoms with Crippen LogP contribution in [0.25, 0.3) is 0 Å². The summed E-state index contributed by atoms with van der Waals surface area (Å²) in [6.07, 6.45) is 1.50. The maximum absolute atomic E-state index is 12.0. The molecule has 0 atom stereocenters. The van der Waals surface area contributed by atoms with Crippen molar-refractivity contribution in [2.24, 2.45) is 0 Å². The van der Waals surface area contributed by atoms with E-state index >= 15 is 0 Å². The van der Waals surface area contributed by atoms with Gasteiger partial charge in [-0.25, -0.2) is 0 Å². The van der Waals surface area contributed by atoms with Crippen molar-refractivity contribution in [2.75, 3.05) is 12.4 Å². The number of halogens is 1. The molecule has 0 aliphatic rings. The van der Waals surface area contributed by atoms with Crippen LogP contribution in [0.15, 0.2) is 36.5 Å². The Labute approximate surface area is 116 Å². The minimum Gasteiger partial charge on any atom is -0.496 e. The number of hydrogen-bond donors (Lipinski definition) is 1. The highest BCUT2D eigenvalue weighted by molar-refractivity contribution is 6.30. The first-order valence-electron chi connectivity index (χ1n) is 5.67. The van der Waals surface area contributed by atoms with Gasteiger partial charge in [-0.15, -0.1) is 0 Å². The summed E-state index contributed by atoms with van der Waals surface area (Å²) in [5.74, 6) is 0.478. The molecule has 98 valence electrons. The van der Waals surface area contributed by atoms with Crippen molar-refractivity contribution < 1.29 is 9.53 Å². The van der Waals surface area contributed by atoms with E-state index in [2.05, 4.69) is 10.3 Å². The molecule has 0 bridgehead atoms. The number of benzene rings is 1. The van der Waals surface area contributed by atoms with Crippen LogP contribution in [0.4, 0.5) is 5.69 Å². The third-order valence-corrected chi connectivity index (χ3v) is 2.84. The standard InChI is InChI=1S/C14H13ClN2O2/c1-9-7-11(3-4-13(9)19-2)17-14(18)12-8-10(15)5-6-16-12/h3-8H,1-2H3,(H,17,18). The largest absolute Gasteiger partial charge is 0.496 e. The van der Waals surface area contributed by atoms with Gasteiger partial charge in [0.05, 0.1) is 7.11 Å². The number of rotatable bonds is 3. The molecule has 1 N–H and O–H groups in total. The van der Waals surface area contributed by atoms with Gasteiger partial charge in [0.1, 0.15) is 11.4 Å². The maximum Gasteiger partial charge on any atom is 0.274 e. The van der Waals surface area contributed by atoms with Gasteiger partial charge in [-0.05, 0) is 42.8 Å². The Hall–Kier alpha value is -2.07. The number of ether oxygens (including phenoxy) is 1. The summed E-state index contributed by atoms with van der Waals surface area (Å²) in [5.41, 5.74) is 1.91. The predicted octanol–water partition coefficient (Wildman–Crippen LogP) is 3.30. The first-order valence-corrected chi connectivity index (χ1v) is 6.05. The Bertz CT molecular complexity index is 614. The average molecular weight is 277 g/mol. The minimum atomic E-state index is -0.299. The summed E-state index contributed by atoms with van der Waals surface area (Å²) in [4.78, 5) is 15.9. The Morgan fingerprint density at radius 3 is 2.74 bits per heavy atom. The number of hydrogen-bond acceptors (Lipinski definition) is 3. The van der Waals surface area contributed by atoms with Gasteiger partial charge >= 0.3 is 0 Å². The number of pyridine rings is 1. The van der Waals surface area contributed by atoms with Crippen molar-refractivity contribution in [2.45, 2.75) is 6.92 Å². The number of methoxy groups -OCH3 is 1. The van der Waals surface area contributed by atoms with Gasteiger partial charge in [0.2, 0.25) is 0 Å². The van der Waals surface area contributed by atoms with E-state index in [0.29, 0.717) is 10.7 Å². The average Bonchev–Trinajstić information content (AvgIpc) is 2.39. The summed E-state index contributed by atoms with van der Waals surface area (Å²) in [7, 11) is 1.61. The van der Waals surface area contributed by atoms with Gasteiger partial charge in [0.15, 0.2) is 0 Å². The molecule has 2 aromatic rings. The Morgan fingerprint density at radius 1 is 1.32 bits per heavy atom. The number of nitrogens with one attached hydrogen (secondary N) is 1. The van der Waals surface area contributed by atoms with Crippen LogP contribution in [-0.2, 0) is 0 Å². The van der Waals surface area contributed by atoms with Crippen molar-refractivity contribution >= 4 is 23.2 Å². The van der Waals surface area contributed by atoms with Gasteiger partial charge in [-0.2, -0.15) is 0 Å². The van der Waals surface area contributed by atoms with Crippen LogP contribution in [-0.4, -0.2) is 18.0 Å². The second-order valence-electron chi connectivity index (χ2n) is 4.00. The van der Waals surface area contributed by atoms with Crippen LogP contribution in [0.5, 0.6) is 5.75 Å². The molecule has 1 aromatic carbocycles. The molecule has 0 aliphatic carbocycles. The van der Waals surface area contributed by atoms with Crippen molar-refractivity contribution in [3.63, 3.8) is 0 Å². The molecule has 19 heavy (non-hydrogen) atoms. The third kappa shape index (κ3) is 3.23. The van der Waals surface area contributed by atoms with E-state index in [1.165, 1.54) is 12.3 Å². The van der Waals surface area contributed by atoms with E-state index in [9.17, 15) is 4.79 Å². The molecule has 0 spiro atoms. The lowest BCUT2D eigenvalue weighted by molar-refractivity contribution is 0.102. The highest BCUT2D eigenvalue weighted by Crippen LogP contribution is 2.21. The van der Waals surface area contributed by atoms with E-state index in [1.54, 1.807) is 25.3 Å². The normalized spacial score (nSPS) is 10.1. The van der Waals surface area contributed by atoms with E-state index < -0.39 is 0 Å². The second-order valence-corrected chi connectivity index (χ2v) is 4.43. The molecular formula is C14H13ClN2O2. The van der Waals surface area contributed by atoms with Gasteiger partial charge < -0.3 is 10.1 Å². The van der Waals surface area contributed by atoms with Crippen LogP contribution >= 0.6 is 11.6 Å². The highest BCUT2D eigenvalue weighted by atomic mass is 35.5. The molecule has 0 saturated heterocycles. The smallest absolute Gasteiger partial charge is 0.274 e. The van der Waals surface area contributed by atoms with E-state index in [1.807, 2.05) is 13.0 Å². The minimum absolute atomic E-state index is 0.279. The molecule has 1 amide bonds. The fraction of sp³-hybridized carbons (Fsp3) is 0.143. The molecule has 0 radical (unpaired) electrons. The van der Waals surface area contributed by atoms with Crippen molar-refractivity contribution in [1.29, 1.82) is 0 Å². The molecule has 0 saturated carbocycles. The van der Waals surface area contributed by atoms with E-state index in [0.717, 1.165) is 11.3 Å². The number of anilines is 1. The molecule has 0 fully saturated rings. The topological polar surface area (TPSA) is 51.2 Å². The zero-order valence-electron chi connectivity index (χ0n) is 10.6. The predicted molar refractivity (Wildman–Crippen MR) is 74.9 cm³/mol. The zero-order chi connectivity index (χ0) is 13.8. The number of aryl methyl sites for hydroxylation is 1. The SMILES string of the molecule is COc1ccc(NC(=O)c2cc(Cl)ccn2)cc1C. The van der Waals surface area contributed by atoms with Gasteiger partial charge in [0, 0.05) is 16.9 Å². The van der Waals surface area contributed by atoms with Gasteiger partial charge in [-0.3, -0.25) is 9.78 Å². The summed E-state index contributed by atoms with van der Waals surface area (Å²) in [6.45, 7) is 1.91. The monoisotopic (exact) mass is 276 g/mol. The first-order chi connectivity index (χ1) is 9.10. The Morgan fingerprint density at radius 2 is 2.11 bits per heavy atom. The number of aromatic nitrogens is 1. The first kappa shape index (κ1) is 13.4. The molecule has 4 nitrogen and oxygen atoms in total. The Kier molecular flexibility index (Phi) is 4.02. The summed E-state index contributed by atoms with van der Waals surface area (Å²) in [6, 6.07) is 8.55. The lowest BCUT2D eigenvalue weighted by Gasteiger charge is -2.08. The van der Waals surface area contributed by atoms with Crippen LogP contribution in [0.3, 0.4) is 0 Å². The quantitative estimate of drug-likeness (QED) is 0.936. The molecule has 1 aromatic heterocycles. The molecule has 0 unspecified atom stereocenters. The summed E-state index contributed by atoms with van der Waals surface area (Å²) < 4.78 is 5.16. The lowest BCUT2D eigenvalue weighted by Crippen LogP contribution is -2.13. The summed E-state index contributed by atoms with van der Waals surface area (Å²) in [5, 5.41) is 3.24. The summed E-state index contributed by atoms with van der Waals surface area (Å²) >= 11 is 5.82. The van der Waals surface area contributed by atoms with Crippen LogP contribution in [0, 0.1) is 6.92 Å². The van der Waals surface area contributed by atoms with Gasteiger partial charge in [-0.1, -0.05) is 11.6 Å². The molecule has 0 aliphatic heterocycles. The van der Waals surface area contributed by atoms with Crippen LogP contribution < -0.4 is 10.1 Å². The van der Waals surface area contributed by atoms with Crippen molar-refractivity contribution in [3.05, 3.63) is 52.8 Å². The maximum atomic E-state index is 12.0. The third-order valence-electron chi connectivity index (χ3n) is 2.61. The van der Waals surface area contributed by atoms with Crippen LogP contribution in [0.2, 0.25) is 5.02 Å². The van der Waals surface area contributed by atoms with Crippen LogP contribution in [0.1, 0.15) is 16.1 Å².